The van der Waals surface area contributed by atoms with E-state index >= 15 is 0 Å². The molecule has 2 rings (SSSR count). The van der Waals surface area contributed by atoms with Crippen molar-refractivity contribution in [1.82, 2.24) is 15.5 Å². The highest BCUT2D eigenvalue weighted by Crippen LogP contribution is 2.16. The Bertz CT molecular complexity index is 524. The molecule has 0 aliphatic carbocycles. The Balaban J connectivity index is 1.80. The van der Waals surface area contributed by atoms with Gasteiger partial charge in [-0.1, -0.05) is 12.1 Å². The monoisotopic (exact) mass is 350 g/mol. The van der Waals surface area contributed by atoms with Crippen molar-refractivity contribution in [1.29, 1.82) is 0 Å². The van der Waals surface area contributed by atoms with Gasteiger partial charge in [0.2, 0.25) is 0 Å². The number of nitrogens with one attached hydrogen (secondary N) is 2. The van der Waals surface area contributed by atoms with Crippen molar-refractivity contribution in [2.24, 2.45) is 4.99 Å². The molecule has 1 aliphatic heterocycles. The van der Waals surface area contributed by atoms with Crippen molar-refractivity contribution in [2.45, 2.75) is 30.8 Å². The number of ether oxygens (including phenoxy) is 1. The number of morpholine rings is 1. The smallest absolute Gasteiger partial charge is 0.191 e. The van der Waals surface area contributed by atoms with Gasteiger partial charge in [0.15, 0.2) is 5.96 Å². The second-order valence-electron chi connectivity index (χ2n) is 6.54. The van der Waals surface area contributed by atoms with E-state index in [2.05, 4.69) is 64.9 Å². The normalized spacial score (nSPS) is 16.9. The van der Waals surface area contributed by atoms with Crippen molar-refractivity contribution in [3.8, 4) is 0 Å². The molecule has 0 atom stereocenters. The van der Waals surface area contributed by atoms with E-state index in [-0.39, 0.29) is 5.54 Å². The summed E-state index contributed by atoms with van der Waals surface area (Å²) in [6.07, 6.45) is 2.09. The molecule has 134 valence electrons. The van der Waals surface area contributed by atoms with E-state index in [1.165, 1.54) is 10.5 Å². The average Bonchev–Trinajstić information content (AvgIpc) is 2.63. The van der Waals surface area contributed by atoms with Crippen LogP contribution >= 0.6 is 11.8 Å². The summed E-state index contributed by atoms with van der Waals surface area (Å²) >= 11 is 1.76. The number of rotatable bonds is 6. The molecule has 5 nitrogen and oxygen atoms in total. The van der Waals surface area contributed by atoms with Gasteiger partial charge >= 0.3 is 0 Å². The largest absolute Gasteiger partial charge is 0.379 e. The molecule has 0 spiro atoms. The molecule has 1 saturated heterocycles. The van der Waals surface area contributed by atoms with Crippen LogP contribution in [0.2, 0.25) is 0 Å². The van der Waals surface area contributed by atoms with Crippen molar-refractivity contribution in [3.05, 3.63) is 29.8 Å². The van der Waals surface area contributed by atoms with E-state index in [0.29, 0.717) is 0 Å². The van der Waals surface area contributed by atoms with Crippen LogP contribution in [0.1, 0.15) is 19.4 Å². The highest BCUT2D eigenvalue weighted by molar-refractivity contribution is 7.98. The van der Waals surface area contributed by atoms with Crippen molar-refractivity contribution in [2.75, 3.05) is 46.2 Å². The minimum Gasteiger partial charge on any atom is -0.379 e. The Morgan fingerprint density at radius 3 is 2.46 bits per heavy atom. The second kappa shape index (κ2) is 9.30. The molecule has 2 N–H and O–H groups in total. The van der Waals surface area contributed by atoms with Crippen LogP contribution in [0.25, 0.3) is 0 Å². The lowest BCUT2D eigenvalue weighted by molar-refractivity contribution is -0.00834. The third-order valence-electron chi connectivity index (χ3n) is 4.40. The first-order valence-corrected chi connectivity index (χ1v) is 9.68. The van der Waals surface area contributed by atoms with Crippen LogP contribution in [-0.4, -0.2) is 62.5 Å². The van der Waals surface area contributed by atoms with Gasteiger partial charge in [0.05, 0.1) is 13.2 Å². The van der Waals surface area contributed by atoms with Gasteiger partial charge in [-0.2, -0.15) is 0 Å². The Morgan fingerprint density at radius 1 is 1.21 bits per heavy atom. The fraction of sp³-hybridized carbons (Fsp3) is 0.611. The van der Waals surface area contributed by atoms with Crippen LogP contribution in [-0.2, 0) is 11.3 Å². The SMILES string of the molecule is CN=C(NCc1ccc(SC)cc1)NCC(C)(C)N1CCOCC1. The lowest BCUT2D eigenvalue weighted by atomic mass is 10.0. The van der Waals surface area contributed by atoms with Crippen LogP contribution in [0.5, 0.6) is 0 Å². The molecular weight excluding hydrogens is 320 g/mol. The zero-order chi connectivity index (χ0) is 17.4. The Hall–Kier alpha value is -1.24. The molecule has 0 amide bonds. The fourth-order valence-electron chi connectivity index (χ4n) is 2.73. The second-order valence-corrected chi connectivity index (χ2v) is 7.42. The van der Waals surface area contributed by atoms with Crippen molar-refractivity contribution in [3.63, 3.8) is 0 Å². The third kappa shape index (κ3) is 5.69. The summed E-state index contributed by atoms with van der Waals surface area (Å²) in [5, 5.41) is 6.84. The number of aliphatic imine (C=N–C) groups is 1. The summed E-state index contributed by atoms with van der Waals surface area (Å²) in [7, 11) is 1.81. The summed E-state index contributed by atoms with van der Waals surface area (Å²) < 4.78 is 5.45. The standard InChI is InChI=1S/C18H30N4OS/c1-18(2,22-9-11-23-12-10-22)14-21-17(19-3)20-13-15-5-7-16(24-4)8-6-15/h5-8H,9-14H2,1-4H3,(H2,19,20,21). The number of nitrogens with zero attached hydrogens (tertiary/aromatic N) is 2. The maximum Gasteiger partial charge on any atom is 0.191 e. The Kier molecular flexibility index (Phi) is 7.40. The predicted molar refractivity (Wildman–Crippen MR) is 103 cm³/mol. The maximum absolute atomic E-state index is 5.45. The van der Waals surface area contributed by atoms with Crippen molar-refractivity contribution >= 4 is 17.7 Å². The van der Waals surface area contributed by atoms with Gasteiger partial charge in [0.1, 0.15) is 0 Å². The Labute approximate surface area is 150 Å². The molecule has 1 heterocycles. The lowest BCUT2D eigenvalue weighted by Gasteiger charge is -2.41. The number of hydrogen-bond acceptors (Lipinski definition) is 4. The summed E-state index contributed by atoms with van der Waals surface area (Å²) in [5.74, 6) is 0.838. The lowest BCUT2D eigenvalue weighted by Crippen LogP contribution is -2.56. The minimum atomic E-state index is 0.0708. The van der Waals surface area contributed by atoms with Crippen LogP contribution < -0.4 is 10.6 Å². The highest BCUT2D eigenvalue weighted by atomic mass is 32.2. The van der Waals surface area contributed by atoms with Gasteiger partial charge in [-0.3, -0.25) is 9.89 Å². The van der Waals surface area contributed by atoms with E-state index in [9.17, 15) is 0 Å². The van der Waals surface area contributed by atoms with Crippen LogP contribution in [0, 0.1) is 0 Å². The first-order chi connectivity index (χ1) is 11.5. The third-order valence-corrected chi connectivity index (χ3v) is 5.14. The first-order valence-electron chi connectivity index (χ1n) is 8.45. The summed E-state index contributed by atoms with van der Waals surface area (Å²) in [4.78, 5) is 8.09. The van der Waals surface area contributed by atoms with Gasteiger partial charge in [-0.15, -0.1) is 11.8 Å². The Morgan fingerprint density at radius 2 is 1.88 bits per heavy atom. The fourth-order valence-corrected chi connectivity index (χ4v) is 3.14. The minimum absolute atomic E-state index is 0.0708. The van der Waals surface area contributed by atoms with Crippen LogP contribution in [0.3, 0.4) is 0 Å². The quantitative estimate of drug-likeness (QED) is 0.468. The molecule has 0 aromatic heterocycles. The van der Waals surface area contributed by atoms with E-state index < -0.39 is 0 Å². The van der Waals surface area contributed by atoms with Crippen molar-refractivity contribution < 1.29 is 4.74 Å². The molecule has 1 aliphatic rings. The topological polar surface area (TPSA) is 48.9 Å². The van der Waals surface area contributed by atoms with Crippen LogP contribution in [0.4, 0.5) is 0 Å². The zero-order valence-corrected chi connectivity index (χ0v) is 16.1. The molecule has 1 aromatic rings. The summed E-state index contributed by atoms with van der Waals surface area (Å²) in [6, 6.07) is 8.62. The average molecular weight is 351 g/mol. The molecule has 0 radical (unpaired) electrons. The van der Waals surface area contributed by atoms with Gasteiger partial charge < -0.3 is 15.4 Å². The molecule has 24 heavy (non-hydrogen) atoms. The molecule has 0 unspecified atom stereocenters. The van der Waals surface area contributed by atoms with Gasteiger partial charge in [-0.05, 0) is 37.8 Å². The summed E-state index contributed by atoms with van der Waals surface area (Å²) in [5.41, 5.74) is 1.32. The number of thioether (sulfide) groups is 1. The van der Waals surface area contributed by atoms with Crippen LogP contribution in [0.15, 0.2) is 34.2 Å². The number of benzene rings is 1. The predicted octanol–water partition coefficient (Wildman–Crippen LogP) is 2.18. The molecular formula is C18H30N4OS. The molecule has 0 bridgehead atoms. The van der Waals surface area contributed by atoms with Gasteiger partial charge in [-0.25, -0.2) is 0 Å². The molecule has 6 heteroatoms. The van der Waals surface area contributed by atoms with Gasteiger partial charge in [0.25, 0.3) is 0 Å². The first kappa shape index (κ1) is 19.1. The molecule has 0 saturated carbocycles. The summed E-state index contributed by atoms with van der Waals surface area (Å²) in [6.45, 7) is 9.76. The molecule has 1 fully saturated rings. The maximum atomic E-state index is 5.45. The molecule has 1 aromatic carbocycles. The highest BCUT2D eigenvalue weighted by Gasteiger charge is 2.28. The van der Waals surface area contributed by atoms with E-state index in [0.717, 1.165) is 45.4 Å². The van der Waals surface area contributed by atoms with E-state index in [4.69, 9.17) is 4.74 Å². The van der Waals surface area contributed by atoms with E-state index in [1.54, 1.807) is 11.8 Å². The van der Waals surface area contributed by atoms with Gasteiger partial charge in [0, 0.05) is 43.7 Å². The number of guanidine groups is 1. The zero-order valence-electron chi connectivity index (χ0n) is 15.3. The van der Waals surface area contributed by atoms with E-state index in [1.807, 2.05) is 7.05 Å². The number of hydrogen-bond donors (Lipinski definition) is 2.